The molecule has 0 spiro atoms. The van der Waals surface area contributed by atoms with E-state index in [1.165, 1.54) is 32.0 Å². The third-order valence-corrected chi connectivity index (χ3v) is 2.08. The first-order valence-corrected chi connectivity index (χ1v) is 5.06. The van der Waals surface area contributed by atoms with Gasteiger partial charge in [-0.05, 0) is 12.1 Å². The first-order chi connectivity index (χ1) is 7.93. The minimum atomic E-state index is -0.639. The fraction of sp³-hybridized carbons (Fsp3) is 0.250. The first kappa shape index (κ1) is 12.9. The van der Waals surface area contributed by atoms with Gasteiger partial charge in [0.2, 0.25) is 5.91 Å². The molecule has 0 unspecified atom stereocenters. The maximum atomic E-state index is 11.8. The summed E-state index contributed by atoms with van der Waals surface area (Å²) in [5.41, 5.74) is 0.543. The molecular formula is C12H14N2O3. The van der Waals surface area contributed by atoms with E-state index in [9.17, 15) is 14.4 Å². The normalized spacial score (nSPS) is 9.59. The molecule has 90 valence electrons. The lowest BCUT2D eigenvalue weighted by Crippen LogP contribution is -2.30. The van der Waals surface area contributed by atoms with Crippen LogP contribution < -0.4 is 5.32 Å². The smallest absolute Gasteiger partial charge is 0.294 e. The number of likely N-dealkylation sites (N-methyl/N-ethyl adjacent to an activating group) is 1. The van der Waals surface area contributed by atoms with Gasteiger partial charge < -0.3 is 10.2 Å². The van der Waals surface area contributed by atoms with Crippen molar-refractivity contribution in [3.63, 3.8) is 0 Å². The van der Waals surface area contributed by atoms with Crippen molar-refractivity contribution in [2.45, 2.75) is 6.92 Å². The van der Waals surface area contributed by atoms with Crippen molar-refractivity contribution < 1.29 is 14.4 Å². The van der Waals surface area contributed by atoms with E-state index in [1.54, 1.807) is 18.2 Å². The molecule has 17 heavy (non-hydrogen) atoms. The van der Waals surface area contributed by atoms with Gasteiger partial charge in [0, 0.05) is 21.0 Å². The number of ketones is 1. The third kappa shape index (κ3) is 3.14. The molecule has 1 aromatic rings. The topological polar surface area (TPSA) is 66.5 Å². The van der Waals surface area contributed by atoms with Gasteiger partial charge in [-0.3, -0.25) is 14.4 Å². The van der Waals surface area contributed by atoms with Crippen LogP contribution in [0.1, 0.15) is 17.3 Å². The van der Waals surface area contributed by atoms with Crippen molar-refractivity contribution in [3.8, 4) is 0 Å². The van der Waals surface area contributed by atoms with Gasteiger partial charge in [0.25, 0.3) is 11.7 Å². The minimum Gasteiger partial charge on any atom is -0.342 e. The number of rotatable bonds is 3. The van der Waals surface area contributed by atoms with Gasteiger partial charge in [-0.2, -0.15) is 0 Å². The van der Waals surface area contributed by atoms with E-state index >= 15 is 0 Å². The number of benzene rings is 1. The predicted molar refractivity (Wildman–Crippen MR) is 63.8 cm³/mol. The zero-order valence-electron chi connectivity index (χ0n) is 9.98. The van der Waals surface area contributed by atoms with Gasteiger partial charge in [0.15, 0.2) is 0 Å². The minimum absolute atomic E-state index is 0.196. The van der Waals surface area contributed by atoms with Crippen LogP contribution in [-0.4, -0.2) is 36.6 Å². The highest BCUT2D eigenvalue weighted by molar-refractivity contribution is 6.43. The summed E-state index contributed by atoms with van der Waals surface area (Å²) >= 11 is 0. The van der Waals surface area contributed by atoms with E-state index in [0.29, 0.717) is 5.69 Å². The van der Waals surface area contributed by atoms with Crippen LogP contribution in [0.15, 0.2) is 24.3 Å². The number of anilines is 1. The second kappa shape index (κ2) is 5.25. The third-order valence-electron chi connectivity index (χ3n) is 2.08. The number of Topliss-reactive ketones (excluding diaryl/α,β-unsaturated/α-hetero) is 1. The molecule has 0 saturated heterocycles. The molecule has 1 rings (SSSR count). The molecule has 0 aliphatic carbocycles. The van der Waals surface area contributed by atoms with E-state index in [4.69, 9.17) is 0 Å². The number of carbonyl (C=O) groups excluding carboxylic acids is 3. The van der Waals surface area contributed by atoms with Crippen LogP contribution in [0.2, 0.25) is 0 Å². The summed E-state index contributed by atoms with van der Waals surface area (Å²) in [6.07, 6.45) is 0. The first-order valence-electron chi connectivity index (χ1n) is 5.06. The SMILES string of the molecule is CC(=O)Nc1ccccc1C(=O)C(=O)N(C)C. The van der Waals surface area contributed by atoms with Crippen molar-refractivity contribution >= 4 is 23.3 Å². The quantitative estimate of drug-likeness (QED) is 0.624. The zero-order valence-corrected chi connectivity index (χ0v) is 9.98. The van der Waals surface area contributed by atoms with Crippen molar-refractivity contribution in [2.75, 3.05) is 19.4 Å². The van der Waals surface area contributed by atoms with Crippen LogP contribution >= 0.6 is 0 Å². The van der Waals surface area contributed by atoms with Crippen LogP contribution in [0.3, 0.4) is 0 Å². The lowest BCUT2D eigenvalue weighted by atomic mass is 10.1. The van der Waals surface area contributed by atoms with E-state index in [0.717, 1.165) is 0 Å². The maximum absolute atomic E-state index is 11.8. The average molecular weight is 234 g/mol. The predicted octanol–water partition coefficient (Wildman–Crippen LogP) is 0.916. The summed E-state index contributed by atoms with van der Waals surface area (Å²) in [5.74, 6) is -1.55. The van der Waals surface area contributed by atoms with Crippen molar-refractivity contribution in [3.05, 3.63) is 29.8 Å². The molecule has 0 aliphatic heterocycles. The monoisotopic (exact) mass is 234 g/mol. The Balaban J connectivity index is 3.09. The number of nitrogens with one attached hydrogen (secondary N) is 1. The molecule has 5 nitrogen and oxygen atoms in total. The van der Waals surface area contributed by atoms with Crippen molar-refractivity contribution in [1.82, 2.24) is 4.90 Å². The number of hydrogen-bond acceptors (Lipinski definition) is 3. The van der Waals surface area contributed by atoms with Gasteiger partial charge in [0.05, 0.1) is 11.3 Å². The fourth-order valence-corrected chi connectivity index (χ4v) is 1.30. The van der Waals surface area contributed by atoms with Crippen LogP contribution in [-0.2, 0) is 9.59 Å². The molecule has 5 heteroatoms. The van der Waals surface area contributed by atoms with Gasteiger partial charge in [-0.1, -0.05) is 12.1 Å². The molecule has 0 bridgehead atoms. The Kier molecular flexibility index (Phi) is 3.98. The zero-order chi connectivity index (χ0) is 13.0. The standard InChI is InChI=1S/C12H14N2O3/c1-8(15)13-10-7-5-4-6-9(10)11(16)12(17)14(2)3/h4-7H,1-3H3,(H,13,15). The lowest BCUT2D eigenvalue weighted by molar-refractivity contribution is -0.124. The average Bonchev–Trinajstić information content (AvgIpc) is 2.27. The largest absolute Gasteiger partial charge is 0.342 e. The van der Waals surface area contributed by atoms with E-state index in [-0.39, 0.29) is 11.5 Å². The Morgan fingerprint density at radius 2 is 1.71 bits per heavy atom. The second-order valence-corrected chi connectivity index (χ2v) is 3.76. The lowest BCUT2D eigenvalue weighted by Gasteiger charge is -2.11. The molecule has 0 aromatic heterocycles. The Morgan fingerprint density at radius 1 is 1.12 bits per heavy atom. The van der Waals surface area contributed by atoms with Crippen LogP contribution in [0.25, 0.3) is 0 Å². The van der Waals surface area contributed by atoms with E-state index in [2.05, 4.69) is 5.32 Å². The second-order valence-electron chi connectivity index (χ2n) is 3.76. The highest BCUT2D eigenvalue weighted by atomic mass is 16.2. The Morgan fingerprint density at radius 3 is 2.24 bits per heavy atom. The molecule has 0 fully saturated rings. The highest BCUT2D eigenvalue weighted by Gasteiger charge is 2.20. The molecule has 1 N–H and O–H groups in total. The summed E-state index contributed by atoms with van der Waals surface area (Å²) in [5, 5.41) is 2.52. The Labute approximate surface area is 99.4 Å². The van der Waals surface area contributed by atoms with Crippen LogP contribution in [0.5, 0.6) is 0 Å². The molecule has 1 aromatic carbocycles. The van der Waals surface area contributed by atoms with Gasteiger partial charge >= 0.3 is 0 Å². The summed E-state index contributed by atoms with van der Waals surface area (Å²) < 4.78 is 0. The molecule has 0 atom stereocenters. The molecule has 0 heterocycles. The molecule has 0 aliphatic rings. The summed E-state index contributed by atoms with van der Waals surface area (Å²) in [6.45, 7) is 1.34. The Hall–Kier alpha value is -2.17. The van der Waals surface area contributed by atoms with E-state index < -0.39 is 11.7 Å². The van der Waals surface area contributed by atoms with Gasteiger partial charge in [-0.25, -0.2) is 0 Å². The van der Waals surface area contributed by atoms with Crippen LogP contribution in [0, 0.1) is 0 Å². The number of hydrogen-bond donors (Lipinski definition) is 1. The summed E-state index contributed by atoms with van der Waals surface area (Å²) in [7, 11) is 3.00. The van der Waals surface area contributed by atoms with Gasteiger partial charge in [0.1, 0.15) is 0 Å². The van der Waals surface area contributed by atoms with Crippen LogP contribution in [0.4, 0.5) is 5.69 Å². The number of nitrogens with zero attached hydrogens (tertiary/aromatic N) is 1. The number of amides is 2. The molecule has 0 saturated carbocycles. The number of para-hydroxylation sites is 1. The van der Waals surface area contributed by atoms with E-state index in [1.807, 2.05) is 0 Å². The maximum Gasteiger partial charge on any atom is 0.294 e. The summed E-state index contributed by atoms with van der Waals surface area (Å²) in [4.78, 5) is 35.6. The summed E-state index contributed by atoms with van der Waals surface area (Å²) in [6, 6.07) is 6.41. The number of carbonyl (C=O) groups is 3. The molecular weight excluding hydrogens is 220 g/mol. The van der Waals surface area contributed by atoms with Crippen molar-refractivity contribution in [1.29, 1.82) is 0 Å². The van der Waals surface area contributed by atoms with Crippen molar-refractivity contribution in [2.24, 2.45) is 0 Å². The highest BCUT2D eigenvalue weighted by Crippen LogP contribution is 2.16. The Bertz CT molecular complexity index is 467. The van der Waals surface area contributed by atoms with Gasteiger partial charge in [-0.15, -0.1) is 0 Å². The molecule has 2 amide bonds. The molecule has 0 radical (unpaired) electrons. The fourth-order valence-electron chi connectivity index (χ4n) is 1.30.